The number of anilines is 3. The van der Waals surface area contributed by atoms with Gasteiger partial charge in [0.05, 0.1) is 16.7 Å². The van der Waals surface area contributed by atoms with Crippen LogP contribution in [0.3, 0.4) is 0 Å². The maximum atomic E-state index is 2.41. The highest BCUT2D eigenvalue weighted by atomic mass is 15.1. The Hall–Kier alpha value is -8.20. The molecule has 0 atom stereocenters. The lowest BCUT2D eigenvalue weighted by Gasteiger charge is -2.28. The normalized spacial score (nSPS) is 11.2. The van der Waals surface area contributed by atoms with Gasteiger partial charge in [-0.1, -0.05) is 194 Å². The van der Waals surface area contributed by atoms with E-state index in [0.717, 1.165) is 33.9 Å². The van der Waals surface area contributed by atoms with Crippen LogP contribution >= 0.6 is 0 Å². The first-order chi connectivity index (χ1) is 30.8. The summed E-state index contributed by atoms with van der Waals surface area (Å²) in [6, 6.07) is 92.0. The standard InChI is InChI=1S/C60H42N2/c1-4-17-43(18-5-1)45-33-35-46(36-34-45)47-37-39-52(40-38-47)61(53-26-15-21-48(42-53)44-19-6-2-7-20-44)57-30-12-10-27-54(57)49-22-14-23-50(41-49)55-29-16-32-59-60(55)56-28-11-13-31-58(56)62(59)51-24-8-3-9-25-51/h1-42H. The van der Waals surface area contributed by atoms with Crippen LogP contribution < -0.4 is 4.90 Å². The second-order valence-corrected chi connectivity index (χ2v) is 15.7. The van der Waals surface area contributed by atoms with Crippen molar-refractivity contribution in [1.29, 1.82) is 0 Å². The first-order valence-electron chi connectivity index (χ1n) is 21.3. The van der Waals surface area contributed by atoms with Crippen LogP contribution in [0.2, 0.25) is 0 Å². The Labute approximate surface area is 362 Å². The molecule has 0 radical (unpaired) electrons. The summed E-state index contributed by atoms with van der Waals surface area (Å²) < 4.78 is 2.39. The molecule has 1 aromatic heterocycles. The Bertz CT molecular complexity index is 3310. The van der Waals surface area contributed by atoms with Crippen LogP contribution in [0, 0.1) is 0 Å². The fraction of sp³-hybridized carbons (Fsp3) is 0. The molecule has 0 fully saturated rings. The molecule has 0 saturated heterocycles. The average molecular weight is 791 g/mol. The summed E-state index contributed by atoms with van der Waals surface area (Å²) >= 11 is 0. The van der Waals surface area contributed by atoms with Crippen molar-refractivity contribution in [2.24, 2.45) is 0 Å². The third kappa shape index (κ3) is 6.84. The molecule has 2 heteroatoms. The van der Waals surface area contributed by atoms with E-state index in [0.29, 0.717) is 0 Å². The molecule has 10 aromatic carbocycles. The molecular formula is C60H42N2. The van der Waals surface area contributed by atoms with Crippen LogP contribution in [0.25, 0.3) is 83.1 Å². The van der Waals surface area contributed by atoms with E-state index >= 15 is 0 Å². The monoisotopic (exact) mass is 790 g/mol. The maximum Gasteiger partial charge on any atom is 0.0547 e. The number of rotatable bonds is 9. The van der Waals surface area contributed by atoms with Crippen LogP contribution in [0.1, 0.15) is 0 Å². The largest absolute Gasteiger partial charge is 0.310 e. The number of fused-ring (bicyclic) bond motifs is 3. The number of hydrogen-bond acceptors (Lipinski definition) is 1. The van der Waals surface area contributed by atoms with Crippen molar-refractivity contribution >= 4 is 38.9 Å². The van der Waals surface area contributed by atoms with Crippen LogP contribution in [-0.2, 0) is 0 Å². The summed E-state index contributed by atoms with van der Waals surface area (Å²) in [6.07, 6.45) is 0. The van der Waals surface area contributed by atoms with Crippen LogP contribution in [-0.4, -0.2) is 4.57 Å². The lowest BCUT2D eigenvalue weighted by atomic mass is 9.94. The van der Waals surface area contributed by atoms with E-state index in [4.69, 9.17) is 0 Å². The van der Waals surface area contributed by atoms with Gasteiger partial charge in [-0.2, -0.15) is 0 Å². The Morgan fingerprint density at radius 3 is 1.45 bits per heavy atom. The molecule has 11 rings (SSSR count). The first-order valence-corrected chi connectivity index (χ1v) is 21.3. The number of aromatic nitrogens is 1. The summed E-state index contributed by atoms with van der Waals surface area (Å²) in [7, 11) is 0. The molecule has 0 aliphatic heterocycles. The lowest BCUT2D eigenvalue weighted by Crippen LogP contribution is -2.11. The number of hydrogen-bond donors (Lipinski definition) is 0. The minimum absolute atomic E-state index is 1.09. The second kappa shape index (κ2) is 16.1. The minimum Gasteiger partial charge on any atom is -0.310 e. The molecule has 0 amide bonds. The van der Waals surface area contributed by atoms with Gasteiger partial charge in [0, 0.05) is 33.4 Å². The fourth-order valence-electron chi connectivity index (χ4n) is 9.05. The van der Waals surface area contributed by atoms with Gasteiger partial charge >= 0.3 is 0 Å². The summed E-state index contributed by atoms with van der Waals surface area (Å²) in [6.45, 7) is 0. The molecule has 0 saturated carbocycles. The van der Waals surface area contributed by atoms with Crippen molar-refractivity contribution in [3.63, 3.8) is 0 Å². The molecule has 2 nitrogen and oxygen atoms in total. The van der Waals surface area contributed by atoms with E-state index in [9.17, 15) is 0 Å². The topological polar surface area (TPSA) is 8.17 Å². The molecule has 0 bridgehead atoms. The summed E-state index contributed by atoms with van der Waals surface area (Å²) in [4.78, 5) is 2.41. The van der Waals surface area contributed by atoms with Gasteiger partial charge < -0.3 is 9.47 Å². The Balaban J connectivity index is 1.03. The lowest BCUT2D eigenvalue weighted by molar-refractivity contribution is 1.18. The van der Waals surface area contributed by atoms with Crippen LogP contribution in [0.4, 0.5) is 17.1 Å². The smallest absolute Gasteiger partial charge is 0.0547 e. The first kappa shape index (κ1) is 36.8. The molecule has 0 aliphatic rings. The van der Waals surface area contributed by atoms with Gasteiger partial charge in [0.15, 0.2) is 0 Å². The highest BCUT2D eigenvalue weighted by Crippen LogP contribution is 2.44. The average Bonchev–Trinajstić information content (AvgIpc) is 3.70. The third-order valence-corrected chi connectivity index (χ3v) is 12.0. The summed E-state index contributed by atoms with van der Waals surface area (Å²) in [5.74, 6) is 0. The molecule has 0 unspecified atom stereocenters. The summed E-state index contributed by atoms with van der Waals surface area (Å²) in [5, 5.41) is 2.50. The van der Waals surface area contributed by atoms with Gasteiger partial charge in [0.25, 0.3) is 0 Å². The quantitative estimate of drug-likeness (QED) is 0.141. The van der Waals surface area contributed by atoms with Crippen molar-refractivity contribution in [2.75, 3.05) is 4.90 Å². The number of para-hydroxylation sites is 3. The molecule has 11 aromatic rings. The molecule has 1 heterocycles. The molecule has 292 valence electrons. The molecule has 0 spiro atoms. The number of benzene rings is 10. The van der Waals surface area contributed by atoms with E-state index in [-0.39, 0.29) is 0 Å². The van der Waals surface area contributed by atoms with E-state index in [2.05, 4.69) is 264 Å². The molecule has 0 aliphatic carbocycles. The van der Waals surface area contributed by atoms with Crippen molar-refractivity contribution in [1.82, 2.24) is 4.57 Å². The maximum absolute atomic E-state index is 2.41. The van der Waals surface area contributed by atoms with Crippen molar-refractivity contribution in [3.8, 4) is 61.3 Å². The predicted molar refractivity (Wildman–Crippen MR) is 263 cm³/mol. The second-order valence-electron chi connectivity index (χ2n) is 15.7. The van der Waals surface area contributed by atoms with Crippen LogP contribution in [0.15, 0.2) is 255 Å². The fourth-order valence-corrected chi connectivity index (χ4v) is 9.05. The zero-order valence-electron chi connectivity index (χ0n) is 34.1. The van der Waals surface area contributed by atoms with Gasteiger partial charge in [0.1, 0.15) is 0 Å². The van der Waals surface area contributed by atoms with E-state index in [1.807, 2.05) is 0 Å². The SMILES string of the molecule is c1ccc(-c2ccc(-c3ccc(N(c4cccc(-c5ccccc5)c4)c4ccccc4-c4cccc(-c5cccc6c5c5ccccc5n6-c5ccccc5)c4)cc3)cc2)cc1. The van der Waals surface area contributed by atoms with Gasteiger partial charge in [0.2, 0.25) is 0 Å². The Morgan fingerprint density at radius 1 is 0.274 bits per heavy atom. The highest BCUT2D eigenvalue weighted by molar-refractivity contribution is 6.16. The van der Waals surface area contributed by atoms with Gasteiger partial charge in [-0.25, -0.2) is 0 Å². The van der Waals surface area contributed by atoms with Crippen molar-refractivity contribution in [3.05, 3.63) is 255 Å². The Morgan fingerprint density at radius 2 is 0.742 bits per heavy atom. The van der Waals surface area contributed by atoms with Crippen LogP contribution in [0.5, 0.6) is 0 Å². The van der Waals surface area contributed by atoms with Gasteiger partial charge in [-0.05, 0) is 111 Å². The van der Waals surface area contributed by atoms with E-state index in [1.54, 1.807) is 0 Å². The van der Waals surface area contributed by atoms with Crippen molar-refractivity contribution in [2.45, 2.75) is 0 Å². The number of nitrogens with zero attached hydrogens (tertiary/aromatic N) is 2. The van der Waals surface area contributed by atoms with Gasteiger partial charge in [-0.15, -0.1) is 0 Å². The third-order valence-electron chi connectivity index (χ3n) is 12.0. The van der Waals surface area contributed by atoms with E-state index < -0.39 is 0 Å². The van der Waals surface area contributed by atoms with E-state index in [1.165, 1.54) is 66.3 Å². The molecular weight excluding hydrogens is 749 g/mol. The Kier molecular flexibility index (Phi) is 9.57. The predicted octanol–water partition coefficient (Wildman–Crippen LogP) is 16.6. The van der Waals surface area contributed by atoms with Gasteiger partial charge in [-0.3, -0.25) is 0 Å². The van der Waals surface area contributed by atoms with Crippen molar-refractivity contribution < 1.29 is 0 Å². The summed E-state index contributed by atoms with van der Waals surface area (Å²) in [5.41, 5.74) is 18.7. The molecule has 62 heavy (non-hydrogen) atoms. The highest BCUT2D eigenvalue weighted by Gasteiger charge is 2.20. The molecule has 0 N–H and O–H groups in total. The zero-order chi connectivity index (χ0) is 41.2. The zero-order valence-corrected chi connectivity index (χ0v) is 34.1. The minimum atomic E-state index is 1.09.